The predicted molar refractivity (Wildman–Crippen MR) is 319 cm³/mol. The summed E-state index contributed by atoms with van der Waals surface area (Å²) >= 11 is 0. The largest absolute Gasteiger partial charge is 0.394 e. The first-order valence-corrected chi connectivity index (χ1v) is 33.4. The molecule has 0 radical (unpaired) electrons. The molecule has 2 heterocycles. The van der Waals surface area contributed by atoms with E-state index in [4.69, 9.17) is 18.9 Å². The molecule has 14 heteroatoms. The van der Waals surface area contributed by atoms with Crippen molar-refractivity contribution in [3.05, 3.63) is 12.2 Å². The van der Waals surface area contributed by atoms with Crippen LogP contribution < -0.4 is 5.32 Å². The number of hydrogen-bond donors (Lipinski definition) is 9. The standard InChI is InChI=1S/C65H125NO13/c1-3-5-7-9-11-13-15-17-18-19-20-21-22-23-24-25-26-27-28-29-30-31-32-33-34-35-36-37-38-40-42-44-46-48-54(69)53(66-57(70)49-47-45-43-41-39-16-14-12-10-8-6-4-2)52-76-64-62(75)60(73)63(56(51-68)78-64)79-65-61(74)59(72)58(71)55(50-67)77-65/h12,14,53-56,58-65,67-69,71-75H,3-11,13,15-52H2,1-2H3,(H,66,70)/b14-12-. The van der Waals surface area contributed by atoms with Gasteiger partial charge in [0.2, 0.25) is 5.91 Å². The van der Waals surface area contributed by atoms with Crippen LogP contribution in [0.2, 0.25) is 0 Å². The van der Waals surface area contributed by atoms with Gasteiger partial charge in [0.05, 0.1) is 32.0 Å². The van der Waals surface area contributed by atoms with E-state index < -0.39 is 86.8 Å². The minimum atomic E-state index is -1.78. The van der Waals surface area contributed by atoms with E-state index in [1.165, 1.54) is 205 Å². The first-order chi connectivity index (χ1) is 38.6. The van der Waals surface area contributed by atoms with Crippen molar-refractivity contribution in [2.45, 2.75) is 376 Å². The molecular weight excluding hydrogens is 1000 g/mol. The monoisotopic (exact) mass is 1130 g/mol. The van der Waals surface area contributed by atoms with Crippen molar-refractivity contribution >= 4 is 5.91 Å². The molecule has 0 aromatic heterocycles. The van der Waals surface area contributed by atoms with Crippen molar-refractivity contribution in [1.29, 1.82) is 0 Å². The minimum Gasteiger partial charge on any atom is -0.394 e. The number of ether oxygens (including phenoxy) is 4. The van der Waals surface area contributed by atoms with Crippen molar-refractivity contribution in [2.24, 2.45) is 0 Å². The summed E-state index contributed by atoms with van der Waals surface area (Å²) in [4.78, 5) is 13.2. The summed E-state index contributed by atoms with van der Waals surface area (Å²) in [6, 6.07) is -0.830. The molecule has 0 spiro atoms. The van der Waals surface area contributed by atoms with E-state index in [-0.39, 0.29) is 12.5 Å². The van der Waals surface area contributed by atoms with Gasteiger partial charge in [0.1, 0.15) is 48.8 Å². The first-order valence-electron chi connectivity index (χ1n) is 33.4. The highest BCUT2D eigenvalue weighted by Crippen LogP contribution is 2.30. The fraction of sp³-hybridized carbons (Fsp3) is 0.954. The van der Waals surface area contributed by atoms with Gasteiger partial charge in [-0.15, -0.1) is 0 Å². The maximum atomic E-state index is 13.2. The summed E-state index contributed by atoms with van der Waals surface area (Å²) in [6.45, 7) is 2.86. The molecule has 2 aliphatic heterocycles. The minimum absolute atomic E-state index is 0.213. The van der Waals surface area contributed by atoms with E-state index in [9.17, 15) is 45.6 Å². The van der Waals surface area contributed by atoms with Gasteiger partial charge in [-0.3, -0.25) is 4.79 Å². The topological polar surface area (TPSA) is 228 Å². The maximum absolute atomic E-state index is 13.2. The average Bonchev–Trinajstić information content (AvgIpc) is 3.48. The molecule has 79 heavy (non-hydrogen) atoms. The van der Waals surface area contributed by atoms with Crippen LogP contribution in [0.5, 0.6) is 0 Å². The van der Waals surface area contributed by atoms with Crippen LogP contribution in [0.3, 0.4) is 0 Å². The van der Waals surface area contributed by atoms with Gasteiger partial charge in [0, 0.05) is 6.42 Å². The van der Waals surface area contributed by atoms with Crippen molar-refractivity contribution < 1.29 is 64.6 Å². The van der Waals surface area contributed by atoms with Crippen LogP contribution in [0.1, 0.15) is 303 Å². The summed E-state index contributed by atoms with van der Waals surface area (Å²) in [6.07, 6.45) is 44.0. The SMILES string of the molecule is CCCCC/C=C\CCCCCCCC(=O)NC(COC1OC(CO)C(OC2OC(CO)C(O)C(O)C2O)C(O)C1O)C(O)CCCCCCCCCCCCCCCCCCCCCCCCCCCCCCCCCCC. The Kier molecular flexibility index (Phi) is 47.8. The van der Waals surface area contributed by atoms with E-state index in [2.05, 4.69) is 31.3 Å². The number of carbonyl (C=O) groups excluding carboxylic acids is 1. The van der Waals surface area contributed by atoms with Crippen LogP contribution in [0.15, 0.2) is 12.2 Å². The lowest BCUT2D eigenvalue weighted by Crippen LogP contribution is -2.65. The Morgan fingerprint density at radius 3 is 1.23 bits per heavy atom. The number of unbranched alkanes of at least 4 members (excludes halogenated alkanes) is 40. The van der Waals surface area contributed by atoms with Crippen molar-refractivity contribution in [2.75, 3.05) is 19.8 Å². The highest BCUT2D eigenvalue weighted by molar-refractivity contribution is 5.76. The van der Waals surface area contributed by atoms with Crippen molar-refractivity contribution in [1.82, 2.24) is 5.32 Å². The van der Waals surface area contributed by atoms with Crippen molar-refractivity contribution in [3.8, 4) is 0 Å². The summed E-state index contributed by atoms with van der Waals surface area (Å²) < 4.78 is 22.8. The van der Waals surface area contributed by atoms with Gasteiger partial charge in [-0.1, -0.05) is 270 Å². The second kappa shape index (κ2) is 51.2. The van der Waals surface area contributed by atoms with Crippen LogP contribution in [0.25, 0.3) is 0 Å². The van der Waals surface area contributed by atoms with E-state index >= 15 is 0 Å². The molecule has 0 aliphatic carbocycles. The summed E-state index contributed by atoms with van der Waals surface area (Å²) in [5, 5.41) is 87.3. The molecule has 12 unspecified atom stereocenters. The van der Waals surface area contributed by atoms with Crippen LogP contribution in [-0.2, 0) is 23.7 Å². The molecular formula is C65H125NO13. The molecule has 2 saturated heterocycles. The zero-order valence-electron chi connectivity index (χ0n) is 50.6. The fourth-order valence-electron chi connectivity index (χ4n) is 11.4. The molecule has 0 aromatic rings. The van der Waals surface area contributed by atoms with E-state index in [1.54, 1.807) is 0 Å². The Morgan fingerprint density at radius 2 is 0.797 bits per heavy atom. The molecule has 1 amide bonds. The smallest absolute Gasteiger partial charge is 0.220 e. The lowest BCUT2D eigenvalue weighted by molar-refractivity contribution is -0.359. The number of carbonyl (C=O) groups is 1. The number of rotatable bonds is 55. The summed E-state index contributed by atoms with van der Waals surface area (Å²) in [7, 11) is 0. The fourth-order valence-corrected chi connectivity index (χ4v) is 11.4. The maximum Gasteiger partial charge on any atom is 0.220 e. The molecule has 12 atom stereocenters. The Morgan fingerprint density at radius 1 is 0.443 bits per heavy atom. The first kappa shape index (κ1) is 73.8. The van der Waals surface area contributed by atoms with Gasteiger partial charge < -0.3 is 65.1 Å². The molecule has 0 bridgehead atoms. The van der Waals surface area contributed by atoms with Crippen LogP contribution in [-0.4, -0.2) is 140 Å². The summed E-state index contributed by atoms with van der Waals surface area (Å²) in [5.41, 5.74) is 0. The molecule has 2 fully saturated rings. The quantitative estimate of drug-likeness (QED) is 0.0204. The zero-order chi connectivity index (χ0) is 57.4. The highest BCUT2D eigenvalue weighted by Gasteiger charge is 2.51. The summed E-state index contributed by atoms with van der Waals surface area (Å²) in [5.74, 6) is -0.213. The third kappa shape index (κ3) is 36.2. The number of amides is 1. The molecule has 14 nitrogen and oxygen atoms in total. The van der Waals surface area contributed by atoms with Gasteiger partial charge in [0.15, 0.2) is 12.6 Å². The van der Waals surface area contributed by atoms with Gasteiger partial charge >= 0.3 is 0 Å². The molecule has 0 aromatic carbocycles. The number of hydrogen-bond acceptors (Lipinski definition) is 13. The van der Waals surface area contributed by atoms with Crippen LogP contribution in [0, 0.1) is 0 Å². The number of aliphatic hydroxyl groups is 8. The van der Waals surface area contributed by atoms with E-state index in [1.807, 2.05) is 0 Å². The number of nitrogens with one attached hydrogen (secondary N) is 1. The number of allylic oxidation sites excluding steroid dienone is 2. The normalized spacial score (nSPS) is 24.4. The molecule has 2 aliphatic rings. The Hall–Kier alpha value is -1.27. The predicted octanol–water partition coefficient (Wildman–Crippen LogP) is 12.6. The second-order valence-corrected chi connectivity index (χ2v) is 24.0. The highest BCUT2D eigenvalue weighted by atomic mass is 16.7. The van der Waals surface area contributed by atoms with Gasteiger partial charge in [-0.25, -0.2) is 0 Å². The third-order valence-electron chi connectivity index (χ3n) is 16.7. The lowest BCUT2D eigenvalue weighted by atomic mass is 9.97. The van der Waals surface area contributed by atoms with E-state index in [0.29, 0.717) is 19.3 Å². The van der Waals surface area contributed by atoms with Crippen LogP contribution >= 0.6 is 0 Å². The molecule has 0 saturated carbocycles. The second-order valence-electron chi connectivity index (χ2n) is 24.0. The lowest BCUT2D eigenvalue weighted by Gasteiger charge is -2.46. The zero-order valence-corrected chi connectivity index (χ0v) is 50.6. The third-order valence-corrected chi connectivity index (χ3v) is 16.7. The van der Waals surface area contributed by atoms with Crippen molar-refractivity contribution in [3.63, 3.8) is 0 Å². The average molecular weight is 1130 g/mol. The van der Waals surface area contributed by atoms with Crippen LogP contribution in [0.4, 0.5) is 0 Å². The van der Waals surface area contributed by atoms with Gasteiger partial charge in [-0.05, 0) is 38.5 Å². The number of aliphatic hydroxyl groups excluding tert-OH is 8. The Balaban J connectivity index is 1.60. The van der Waals surface area contributed by atoms with Gasteiger partial charge in [-0.2, -0.15) is 0 Å². The van der Waals surface area contributed by atoms with E-state index in [0.717, 1.165) is 64.2 Å². The Bertz CT molecular complexity index is 1380. The molecule has 468 valence electrons. The molecule has 9 N–H and O–H groups in total. The van der Waals surface area contributed by atoms with Gasteiger partial charge in [0.25, 0.3) is 0 Å². The molecule has 2 rings (SSSR count). The Labute approximate surface area is 482 Å².